The standard InChI is InChI=1S/C14H16N4O3/c1-7-5-9(10(6-7)14(19)20)13-17-12(18-21-13)11-3-4-15-8(2)16-11/h3-4,7,9-10H,5-6H2,1-2H3,(H,19,20). The summed E-state index contributed by atoms with van der Waals surface area (Å²) in [6, 6.07) is 1.70. The van der Waals surface area contributed by atoms with Gasteiger partial charge in [0.15, 0.2) is 0 Å². The molecule has 1 saturated carbocycles. The molecule has 0 amide bonds. The molecule has 110 valence electrons. The van der Waals surface area contributed by atoms with Crippen molar-refractivity contribution in [3.63, 3.8) is 0 Å². The molecule has 1 fully saturated rings. The van der Waals surface area contributed by atoms with Gasteiger partial charge < -0.3 is 9.63 Å². The van der Waals surface area contributed by atoms with Gasteiger partial charge in [0, 0.05) is 6.20 Å². The monoisotopic (exact) mass is 288 g/mol. The Morgan fingerprint density at radius 3 is 2.90 bits per heavy atom. The number of carbonyl (C=O) groups is 1. The third kappa shape index (κ3) is 2.63. The predicted octanol–water partition coefficient (Wildman–Crippen LogP) is 2.05. The number of aromatic nitrogens is 4. The third-order valence-electron chi connectivity index (χ3n) is 3.88. The van der Waals surface area contributed by atoms with Crippen molar-refractivity contribution < 1.29 is 14.4 Å². The van der Waals surface area contributed by atoms with Crippen LogP contribution in [0, 0.1) is 18.8 Å². The van der Waals surface area contributed by atoms with Crippen LogP contribution in [0.4, 0.5) is 0 Å². The Bertz CT molecular complexity index is 670. The van der Waals surface area contributed by atoms with E-state index in [1.54, 1.807) is 19.2 Å². The van der Waals surface area contributed by atoms with Crippen LogP contribution < -0.4 is 0 Å². The first-order valence-corrected chi connectivity index (χ1v) is 6.91. The number of carboxylic acids is 1. The van der Waals surface area contributed by atoms with Gasteiger partial charge in [0.1, 0.15) is 11.5 Å². The number of nitrogens with zero attached hydrogens (tertiary/aromatic N) is 4. The average molecular weight is 288 g/mol. The summed E-state index contributed by atoms with van der Waals surface area (Å²) in [7, 11) is 0. The van der Waals surface area contributed by atoms with Crippen LogP contribution in [-0.4, -0.2) is 31.2 Å². The SMILES string of the molecule is Cc1nccc(-c2noc(C3CC(C)CC3C(=O)O)n2)n1. The molecule has 2 aromatic heterocycles. The number of rotatable bonds is 3. The van der Waals surface area contributed by atoms with Gasteiger partial charge in [-0.1, -0.05) is 12.1 Å². The molecule has 0 aliphatic heterocycles. The quantitative estimate of drug-likeness (QED) is 0.921. The molecule has 7 heteroatoms. The molecule has 0 bridgehead atoms. The Hall–Kier alpha value is -2.31. The molecular formula is C14H16N4O3. The zero-order valence-corrected chi connectivity index (χ0v) is 11.9. The van der Waals surface area contributed by atoms with Crippen LogP contribution in [-0.2, 0) is 4.79 Å². The first kappa shape index (κ1) is 13.7. The second-order valence-corrected chi connectivity index (χ2v) is 5.57. The minimum atomic E-state index is -0.804. The summed E-state index contributed by atoms with van der Waals surface area (Å²) in [6.45, 7) is 3.82. The maximum atomic E-state index is 11.3. The topological polar surface area (TPSA) is 102 Å². The molecule has 0 saturated heterocycles. The van der Waals surface area contributed by atoms with E-state index in [1.807, 2.05) is 6.92 Å². The molecule has 3 unspecified atom stereocenters. The molecule has 2 aromatic rings. The zero-order chi connectivity index (χ0) is 15.0. The summed E-state index contributed by atoms with van der Waals surface area (Å²) < 4.78 is 5.29. The van der Waals surface area contributed by atoms with Gasteiger partial charge in [-0.2, -0.15) is 4.98 Å². The maximum absolute atomic E-state index is 11.3. The molecule has 1 aliphatic carbocycles. The number of hydrogen-bond acceptors (Lipinski definition) is 6. The van der Waals surface area contributed by atoms with E-state index < -0.39 is 11.9 Å². The molecular weight excluding hydrogens is 272 g/mol. The van der Waals surface area contributed by atoms with Gasteiger partial charge in [0.05, 0.1) is 11.8 Å². The molecule has 21 heavy (non-hydrogen) atoms. The highest BCUT2D eigenvalue weighted by Crippen LogP contribution is 2.42. The van der Waals surface area contributed by atoms with E-state index in [2.05, 4.69) is 20.1 Å². The van der Waals surface area contributed by atoms with Gasteiger partial charge in [-0.15, -0.1) is 0 Å². The molecule has 2 heterocycles. The summed E-state index contributed by atoms with van der Waals surface area (Å²) in [4.78, 5) is 23.9. The Morgan fingerprint density at radius 2 is 2.19 bits per heavy atom. The van der Waals surface area contributed by atoms with Gasteiger partial charge in [-0.25, -0.2) is 9.97 Å². The average Bonchev–Trinajstić information content (AvgIpc) is 3.04. The van der Waals surface area contributed by atoms with Crippen molar-refractivity contribution in [3.8, 4) is 11.5 Å². The molecule has 3 rings (SSSR count). The normalized spacial score (nSPS) is 25.1. The van der Waals surface area contributed by atoms with Crippen molar-refractivity contribution in [2.45, 2.75) is 32.6 Å². The van der Waals surface area contributed by atoms with E-state index in [9.17, 15) is 9.90 Å². The maximum Gasteiger partial charge on any atom is 0.307 e. The lowest BCUT2D eigenvalue weighted by Gasteiger charge is -2.09. The third-order valence-corrected chi connectivity index (χ3v) is 3.88. The molecule has 0 aromatic carbocycles. The molecule has 1 aliphatic rings. The predicted molar refractivity (Wildman–Crippen MR) is 72.3 cm³/mol. The second-order valence-electron chi connectivity index (χ2n) is 5.57. The summed E-state index contributed by atoms with van der Waals surface area (Å²) in [6.07, 6.45) is 3.02. The van der Waals surface area contributed by atoms with Crippen LogP contribution in [0.3, 0.4) is 0 Å². The Labute approximate surface area is 121 Å². The van der Waals surface area contributed by atoms with Crippen molar-refractivity contribution in [2.75, 3.05) is 0 Å². The summed E-state index contributed by atoms with van der Waals surface area (Å²) >= 11 is 0. The lowest BCUT2D eigenvalue weighted by Crippen LogP contribution is -2.17. The molecule has 0 radical (unpaired) electrons. The first-order chi connectivity index (χ1) is 10.0. The van der Waals surface area contributed by atoms with Crippen molar-refractivity contribution >= 4 is 5.97 Å². The largest absolute Gasteiger partial charge is 0.481 e. The van der Waals surface area contributed by atoms with Crippen LogP contribution in [0.25, 0.3) is 11.5 Å². The van der Waals surface area contributed by atoms with Crippen LogP contribution in [0.5, 0.6) is 0 Å². The van der Waals surface area contributed by atoms with Crippen molar-refractivity contribution in [1.82, 2.24) is 20.1 Å². The highest BCUT2D eigenvalue weighted by Gasteiger charge is 2.41. The first-order valence-electron chi connectivity index (χ1n) is 6.91. The Kier molecular flexibility index (Phi) is 3.40. The highest BCUT2D eigenvalue weighted by molar-refractivity contribution is 5.71. The highest BCUT2D eigenvalue weighted by atomic mass is 16.5. The number of aryl methyl sites for hydroxylation is 1. The molecule has 1 N–H and O–H groups in total. The zero-order valence-electron chi connectivity index (χ0n) is 11.9. The van der Waals surface area contributed by atoms with E-state index in [-0.39, 0.29) is 5.92 Å². The van der Waals surface area contributed by atoms with E-state index in [4.69, 9.17) is 4.52 Å². The lowest BCUT2D eigenvalue weighted by molar-refractivity contribution is -0.142. The molecule has 3 atom stereocenters. The minimum Gasteiger partial charge on any atom is -0.481 e. The van der Waals surface area contributed by atoms with E-state index >= 15 is 0 Å². The summed E-state index contributed by atoms with van der Waals surface area (Å²) in [5, 5.41) is 13.2. The summed E-state index contributed by atoms with van der Waals surface area (Å²) in [5.74, 6) is 0.241. The van der Waals surface area contributed by atoms with Crippen LogP contribution in [0.2, 0.25) is 0 Å². The van der Waals surface area contributed by atoms with Gasteiger partial charge in [-0.3, -0.25) is 4.79 Å². The lowest BCUT2D eigenvalue weighted by atomic mass is 9.96. The number of hydrogen-bond donors (Lipinski definition) is 1. The Balaban J connectivity index is 1.89. The van der Waals surface area contributed by atoms with Gasteiger partial charge >= 0.3 is 5.97 Å². The van der Waals surface area contributed by atoms with E-state index in [0.29, 0.717) is 35.6 Å². The van der Waals surface area contributed by atoms with Crippen LogP contribution in [0.15, 0.2) is 16.8 Å². The smallest absolute Gasteiger partial charge is 0.307 e. The van der Waals surface area contributed by atoms with Crippen LogP contribution in [0.1, 0.15) is 37.4 Å². The number of aliphatic carboxylic acids is 1. The van der Waals surface area contributed by atoms with E-state index in [1.165, 1.54) is 0 Å². The molecule has 7 nitrogen and oxygen atoms in total. The van der Waals surface area contributed by atoms with Gasteiger partial charge in [0.25, 0.3) is 0 Å². The fourth-order valence-corrected chi connectivity index (χ4v) is 2.91. The van der Waals surface area contributed by atoms with E-state index in [0.717, 1.165) is 6.42 Å². The second kappa shape index (κ2) is 5.23. The molecule has 0 spiro atoms. The minimum absolute atomic E-state index is 0.221. The fraction of sp³-hybridized carbons (Fsp3) is 0.500. The van der Waals surface area contributed by atoms with Crippen molar-refractivity contribution in [1.29, 1.82) is 0 Å². The van der Waals surface area contributed by atoms with Crippen molar-refractivity contribution in [3.05, 3.63) is 24.0 Å². The number of carboxylic acid groups (broad SMARTS) is 1. The fourth-order valence-electron chi connectivity index (χ4n) is 2.91. The Morgan fingerprint density at radius 1 is 1.38 bits per heavy atom. The summed E-state index contributed by atoms with van der Waals surface area (Å²) in [5.41, 5.74) is 0.579. The van der Waals surface area contributed by atoms with Crippen molar-refractivity contribution in [2.24, 2.45) is 11.8 Å². The van der Waals surface area contributed by atoms with Gasteiger partial charge in [-0.05, 0) is 31.7 Å². The van der Waals surface area contributed by atoms with Gasteiger partial charge in [0.2, 0.25) is 11.7 Å². The van der Waals surface area contributed by atoms with Crippen LogP contribution >= 0.6 is 0 Å².